The van der Waals surface area contributed by atoms with E-state index < -0.39 is 26.6 Å². The van der Waals surface area contributed by atoms with Crippen LogP contribution >= 0.6 is 0 Å². The third-order valence-corrected chi connectivity index (χ3v) is 7.10. The molecule has 0 amide bonds. The van der Waals surface area contributed by atoms with E-state index in [1.54, 1.807) is 30.6 Å². The summed E-state index contributed by atoms with van der Waals surface area (Å²) in [6.07, 6.45) is 3.29. The Hall–Kier alpha value is -2.95. The summed E-state index contributed by atoms with van der Waals surface area (Å²) in [6, 6.07) is 11.9. The molecule has 10 heteroatoms. The highest BCUT2D eigenvalue weighted by atomic mass is 32.2. The van der Waals surface area contributed by atoms with Crippen molar-refractivity contribution >= 4 is 15.7 Å². The van der Waals surface area contributed by atoms with Crippen molar-refractivity contribution in [3.8, 4) is 0 Å². The Bertz CT molecular complexity index is 1190. The molecule has 33 heavy (non-hydrogen) atoms. The molecule has 0 bridgehead atoms. The summed E-state index contributed by atoms with van der Waals surface area (Å²) >= 11 is 0. The number of piperazine rings is 1. The van der Waals surface area contributed by atoms with Crippen LogP contribution in [0.2, 0.25) is 0 Å². The highest BCUT2D eigenvalue weighted by Gasteiger charge is 2.28. The third kappa shape index (κ3) is 5.52. The molecular formula is C23H23F3N4O2S. The quantitative estimate of drug-likeness (QED) is 0.567. The van der Waals surface area contributed by atoms with E-state index in [1.165, 1.54) is 12.1 Å². The largest absolute Gasteiger partial charge is 0.369 e. The summed E-state index contributed by atoms with van der Waals surface area (Å²) in [5, 5.41) is 0. The molecule has 4 rings (SSSR count). The predicted molar refractivity (Wildman–Crippen MR) is 119 cm³/mol. The summed E-state index contributed by atoms with van der Waals surface area (Å²) < 4.78 is 68.6. The van der Waals surface area contributed by atoms with Crippen molar-refractivity contribution in [2.24, 2.45) is 0 Å². The van der Waals surface area contributed by atoms with Crippen LogP contribution in [0.1, 0.15) is 11.6 Å². The predicted octanol–water partition coefficient (Wildman–Crippen LogP) is 3.34. The maximum absolute atomic E-state index is 14.1. The van der Waals surface area contributed by atoms with E-state index in [0.29, 0.717) is 32.2 Å². The molecule has 2 aromatic carbocycles. The fourth-order valence-electron chi connectivity index (χ4n) is 3.92. The monoisotopic (exact) mass is 476 g/mol. The highest BCUT2D eigenvalue weighted by Crippen LogP contribution is 2.25. The molecule has 2 heterocycles. The number of anilines is 1. The van der Waals surface area contributed by atoms with E-state index in [9.17, 15) is 21.6 Å². The van der Waals surface area contributed by atoms with Crippen molar-refractivity contribution < 1.29 is 21.6 Å². The number of pyridine rings is 1. The first-order valence-corrected chi connectivity index (χ1v) is 11.9. The van der Waals surface area contributed by atoms with Gasteiger partial charge in [0.15, 0.2) is 0 Å². The van der Waals surface area contributed by atoms with Gasteiger partial charge in [-0.3, -0.25) is 9.88 Å². The Labute approximate surface area is 190 Å². The minimum absolute atomic E-state index is 0.0411. The van der Waals surface area contributed by atoms with Gasteiger partial charge in [-0.2, -0.15) is 0 Å². The molecule has 3 aromatic rings. The highest BCUT2D eigenvalue weighted by molar-refractivity contribution is 7.89. The fraction of sp³-hybridized carbons (Fsp3) is 0.261. The smallest absolute Gasteiger partial charge is 0.243 e. The number of halogens is 3. The normalized spacial score (nSPS) is 16.0. The zero-order valence-electron chi connectivity index (χ0n) is 17.7. The number of rotatable bonds is 7. The standard InChI is InChI=1S/C23H23F3N4O2S/c24-18-3-6-20(7-4-18)29-10-12-30(13-11-29)22(17-2-1-9-27-15-17)16-28-33(31,32)23-14-19(25)5-8-21(23)26/h1-9,14-15,22,28H,10-13,16H2/t22-/m0/s1. The summed E-state index contributed by atoms with van der Waals surface area (Å²) in [5.74, 6) is -2.15. The van der Waals surface area contributed by atoms with Crippen LogP contribution < -0.4 is 9.62 Å². The lowest BCUT2D eigenvalue weighted by atomic mass is 10.1. The van der Waals surface area contributed by atoms with Crippen molar-refractivity contribution in [1.29, 1.82) is 0 Å². The zero-order chi connectivity index (χ0) is 23.4. The lowest BCUT2D eigenvalue weighted by Crippen LogP contribution is -2.50. The van der Waals surface area contributed by atoms with Gasteiger partial charge in [-0.05, 0) is 54.1 Å². The van der Waals surface area contributed by atoms with Crippen LogP contribution in [0.15, 0.2) is 71.9 Å². The summed E-state index contributed by atoms with van der Waals surface area (Å²) in [4.78, 5) is 7.65. The molecule has 1 N–H and O–H groups in total. The second-order valence-electron chi connectivity index (χ2n) is 7.73. The van der Waals surface area contributed by atoms with Crippen molar-refractivity contribution in [1.82, 2.24) is 14.6 Å². The van der Waals surface area contributed by atoms with Gasteiger partial charge in [-0.1, -0.05) is 6.07 Å². The van der Waals surface area contributed by atoms with E-state index >= 15 is 0 Å². The Morgan fingerprint density at radius 3 is 2.30 bits per heavy atom. The van der Waals surface area contributed by atoms with Crippen LogP contribution in [-0.2, 0) is 10.0 Å². The summed E-state index contributed by atoms with van der Waals surface area (Å²) in [5.41, 5.74) is 1.71. The van der Waals surface area contributed by atoms with Crippen LogP contribution in [0.3, 0.4) is 0 Å². The molecule has 1 fully saturated rings. The molecule has 174 valence electrons. The minimum atomic E-state index is -4.27. The molecule has 1 aliphatic heterocycles. The van der Waals surface area contributed by atoms with E-state index in [-0.39, 0.29) is 18.4 Å². The first-order valence-electron chi connectivity index (χ1n) is 10.4. The Kier molecular flexibility index (Phi) is 6.96. The van der Waals surface area contributed by atoms with Crippen molar-refractivity contribution in [3.05, 3.63) is 90.0 Å². The fourth-order valence-corrected chi connectivity index (χ4v) is 5.05. The average Bonchev–Trinajstić information content (AvgIpc) is 2.82. The van der Waals surface area contributed by atoms with Gasteiger partial charge in [-0.25, -0.2) is 26.3 Å². The Morgan fingerprint density at radius 2 is 1.64 bits per heavy atom. The Morgan fingerprint density at radius 1 is 0.939 bits per heavy atom. The lowest BCUT2D eigenvalue weighted by Gasteiger charge is -2.40. The molecule has 1 atom stereocenters. The number of nitrogens with zero attached hydrogens (tertiary/aromatic N) is 3. The molecule has 1 saturated heterocycles. The van der Waals surface area contributed by atoms with Gasteiger partial charge in [0.25, 0.3) is 0 Å². The first kappa shape index (κ1) is 23.2. The van der Waals surface area contributed by atoms with Crippen molar-refractivity contribution in [3.63, 3.8) is 0 Å². The maximum atomic E-state index is 14.1. The molecule has 0 spiro atoms. The van der Waals surface area contributed by atoms with Gasteiger partial charge in [0.2, 0.25) is 10.0 Å². The molecule has 0 saturated carbocycles. The van der Waals surface area contributed by atoms with Crippen LogP contribution in [-0.4, -0.2) is 51.0 Å². The van der Waals surface area contributed by atoms with Gasteiger partial charge in [0, 0.05) is 50.8 Å². The maximum Gasteiger partial charge on any atom is 0.243 e. The first-order chi connectivity index (χ1) is 15.8. The topological polar surface area (TPSA) is 65.5 Å². The zero-order valence-corrected chi connectivity index (χ0v) is 18.5. The van der Waals surface area contributed by atoms with E-state index in [1.807, 2.05) is 6.07 Å². The van der Waals surface area contributed by atoms with Gasteiger partial charge >= 0.3 is 0 Å². The Balaban J connectivity index is 1.50. The second-order valence-corrected chi connectivity index (χ2v) is 9.46. The number of aromatic nitrogens is 1. The van der Waals surface area contributed by atoms with Gasteiger partial charge in [-0.15, -0.1) is 0 Å². The number of hydrogen-bond acceptors (Lipinski definition) is 5. The number of benzene rings is 2. The molecule has 6 nitrogen and oxygen atoms in total. The molecule has 0 unspecified atom stereocenters. The summed E-state index contributed by atoms with van der Waals surface area (Å²) in [7, 11) is -4.27. The van der Waals surface area contributed by atoms with Crippen LogP contribution in [0.25, 0.3) is 0 Å². The molecule has 0 radical (unpaired) electrons. The molecular weight excluding hydrogens is 453 g/mol. The average molecular weight is 477 g/mol. The van der Waals surface area contributed by atoms with Gasteiger partial charge < -0.3 is 4.90 Å². The van der Waals surface area contributed by atoms with Gasteiger partial charge in [0.1, 0.15) is 22.3 Å². The van der Waals surface area contributed by atoms with E-state index in [0.717, 1.165) is 23.4 Å². The lowest BCUT2D eigenvalue weighted by molar-refractivity contribution is 0.186. The molecule has 1 aliphatic rings. The van der Waals surface area contributed by atoms with Crippen LogP contribution in [0.4, 0.5) is 18.9 Å². The second kappa shape index (κ2) is 9.90. The molecule has 0 aliphatic carbocycles. The van der Waals surface area contributed by atoms with Crippen LogP contribution in [0.5, 0.6) is 0 Å². The van der Waals surface area contributed by atoms with E-state index in [4.69, 9.17) is 0 Å². The molecule has 1 aromatic heterocycles. The number of nitrogens with one attached hydrogen (secondary N) is 1. The number of sulfonamides is 1. The summed E-state index contributed by atoms with van der Waals surface area (Å²) in [6.45, 7) is 2.52. The third-order valence-electron chi connectivity index (χ3n) is 5.67. The van der Waals surface area contributed by atoms with Gasteiger partial charge in [0.05, 0.1) is 6.04 Å². The SMILES string of the molecule is O=S(=O)(NC[C@@H](c1cccnc1)N1CCN(c2ccc(F)cc2)CC1)c1cc(F)ccc1F. The minimum Gasteiger partial charge on any atom is -0.369 e. The van der Waals surface area contributed by atoms with E-state index in [2.05, 4.69) is 19.5 Å². The van der Waals surface area contributed by atoms with Crippen molar-refractivity contribution in [2.45, 2.75) is 10.9 Å². The van der Waals surface area contributed by atoms with Crippen LogP contribution in [0, 0.1) is 17.5 Å². The van der Waals surface area contributed by atoms with Crippen molar-refractivity contribution in [2.75, 3.05) is 37.6 Å². The number of hydrogen-bond donors (Lipinski definition) is 1.